The lowest BCUT2D eigenvalue weighted by Crippen LogP contribution is -2.30. The molecule has 0 radical (unpaired) electrons. The predicted octanol–water partition coefficient (Wildman–Crippen LogP) is 0.678. The summed E-state index contributed by atoms with van der Waals surface area (Å²) in [7, 11) is 0. The largest absolute Gasteiger partial charge is 0.494 e. The highest BCUT2D eigenvalue weighted by Crippen LogP contribution is 2.19. The van der Waals surface area contributed by atoms with E-state index in [-0.39, 0.29) is 11.3 Å². The fraction of sp³-hybridized carbons (Fsp3) is 0.600. The lowest BCUT2D eigenvalue weighted by molar-refractivity contribution is 0.323. The van der Waals surface area contributed by atoms with Gasteiger partial charge in [0, 0.05) is 6.54 Å². The van der Waals surface area contributed by atoms with Gasteiger partial charge in [0.15, 0.2) is 0 Å². The van der Waals surface area contributed by atoms with Gasteiger partial charge in [0.2, 0.25) is 5.88 Å². The number of nitrogens with zero attached hydrogens (tertiary/aromatic N) is 1. The molecule has 5 nitrogen and oxygen atoms in total. The van der Waals surface area contributed by atoms with E-state index in [1.807, 2.05) is 20.8 Å². The standard InChI is InChI=1S/C10H16N2O3/c1-10(2,3)4-5-12-8(14)6-7(13)11-9(12)15/h6,14H,4-5H2,1-3H3,(H,11,13,15). The van der Waals surface area contributed by atoms with Crippen LogP contribution in [-0.4, -0.2) is 14.7 Å². The van der Waals surface area contributed by atoms with Crippen molar-refractivity contribution in [3.8, 4) is 5.88 Å². The summed E-state index contributed by atoms with van der Waals surface area (Å²) in [5.74, 6) is -0.284. The molecule has 0 aliphatic carbocycles. The van der Waals surface area contributed by atoms with Crippen LogP contribution >= 0.6 is 0 Å². The maximum absolute atomic E-state index is 11.3. The van der Waals surface area contributed by atoms with E-state index in [1.54, 1.807) is 0 Å². The van der Waals surface area contributed by atoms with E-state index in [9.17, 15) is 14.7 Å². The third-order valence-electron chi connectivity index (χ3n) is 2.10. The average molecular weight is 212 g/mol. The number of aromatic amines is 1. The summed E-state index contributed by atoms with van der Waals surface area (Å²) in [5.41, 5.74) is -1.07. The van der Waals surface area contributed by atoms with Crippen LogP contribution in [0, 0.1) is 5.41 Å². The van der Waals surface area contributed by atoms with Crippen LogP contribution in [0.3, 0.4) is 0 Å². The molecule has 0 saturated heterocycles. The fourth-order valence-corrected chi connectivity index (χ4v) is 1.17. The van der Waals surface area contributed by atoms with Gasteiger partial charge >= 0.3 is 5.69 Å². The zero-order valence-electron chi connectivity index (χ0n) is 9.20. The van der Waals surface area contributed by atoms with Crippen molar-refractivity contribution < 1.29 is 5.11 Å². The van der Waals surface area contributed by atoms with E-state index in [0.29, 0.717) is 6.54 Å². The highest BCUT2D eigenvalue weighted by atomic mass is 16.3. The molecular formula is C10H16N2O3. The van der Waals surface area contributed by atoms with Gasteiger partial charge in [0.25, 0.3) is 5.56 Å². The highest BCUT2D eigenvalue weighted by molar-refractivity contribution is 5.05. The number of hydrogen-bond donors (Lipinski definition) is 2. The van der Waals surface area contributed by atoms with Gasteiger partial charge in [0.1, 0.15) is 0 Å². The molecule has 0 unspecified atom stereocenters. The molecule has 2 N–H and O–H groups in total. The van der Waals surface area contributed by atoms with Crippen LogP contribution in [0.4, 0.5) is 0 Å². The Balaban J connectivity index is 2.96. The van der Waals surface area contributed by atoms with Crippen LogP contribution in [0.25, 0.3) is 0 Å². The Morgan fingerprint density at radius 1 is 1.40 bits per heavy atom. The second-order valence-electron chi connectivity index (χ2n) is 4.76. The third kappa shape index (κ3) is 3.27. The molecule has 1 aromatic rings. The van der Waals surface area contributed by atoms with E-state index in [1.165, 1.54) is 0 Å². The molecule has 0 aromatic carbocycles. The van der Waals surface area contributed by atoms with Crippen molar-refractivity contribution in [3.63, 3.8) is 0 Å². The molecule has 0 saturated carbocycles. The first-order valence-corrected chi connectivity index (χ1v) is 4.83. The summed E-state index contributed by atoms with van der Waals surface area (Å²) in [6.07, 6.45) is 0.743. The number of aromatic hydroxyl groups is 1. The number of nitrogens with one attached hydrogen (secondary N) is 1. The molecule has 1 heterocycles. The predicted molar refractivity (Wildman–Crippen MR) is 57.1 cm³/mol. The zero-order chi connectivity index (χ0) is 11.6. The Labute approximate surface area is 87.4 Å². The fourth-order valence-electron chi connectivity index (χ4n) is 1.17. The molecule has 1 rings (SSSR count). The third-order valence-corrected chi connectivity index (χ3v) is 2.10. The second kappa shape index (κ2) is 3.92. The number of rotatable bonds is 2. The summed E-state index contributed by atoms with van der Waals surface area (Å²) in [4.78, 5) is 24.3. The van der Waals surface area contributed by atoms with E-state index < -0.39 is 11.2 Å². The van der Waals surface area contributed by atoms with Crippen molar-refractivity contribution >= 4 is 0 Å². The Hall–Kier alpha value is -1.52. The van der Waals surface area contributed by atoms with Crippen LogP contribution in [0.2, 0.25) is 0 Å². The topological polar surface area (TPSA) is 75.1 Å². The molecule has 0 spiro atoms. The van der Waals surface area contributed by atoms with Gasteiger partial charge in [-0.05, 0) is 11.8 Å². The molecule has 0 atom stereocenters. The molecule has 1 aromatic heterocycles. The van der Waals surface area contributed by atoms with Gasteiger partial charge in [-0.3, -0.25) is 14.3 Å². The van der Waals surface area contributed by atoms with Gasteiger partial charge in [-0.1, -0.05) is 20.8 Å². The van der Waals surface area contributed by atoms with E-state index in [2.05, 4.69) is 4.98 Å². The van der Waals surface area contributed by atoms with Crippen LogP contribution in [0.1, 0.15) is 27.2 Å². The maximum Gasteiger partial charge on any atom is 0.331 e. The van der Waals surface area contributed by atoms with Gasteiger partial charge in [0.05, 0.1) is 6.07 Å². The molecule has 0 fully saturated rings. The van der Waals surface area contributed by atoms with E-state index in [4.69, 9.17) is 0 Å². The summed E-state index contributed by atoms with van der Waals surface area (Å²) < 4.78 is 1.16. The van der Waals surface area contributed by atoms with Crippen molar-refractivity contribution in [2.45, 2.75) is 33.7 Å². The monoisotopic (exact) mass is 212 g/mol. The van der Waals surface area contributed by atoms with Crippen molar-refractivity contribution in [1.82, 2.24) is 9.55 Å². The number of aromatic nitrogens is 2. The van der Waals surface area contributed by atoms with Crippen molar-refractivity contribution in [1.29, 1.82) is 0 Å². The Morgan fingerprint density at radius 3 is 2.47 bits per heavy atom. The van der Waals surface area contributed by atoms with Gasteiger partial charge in [-0.25, -0.2) is 4.79 Å². The lowest BCUT2D eigenvalue weighted by atomic mass is 9.92. The smallest absolute Gasteiger partial charge is 0.331 e. The second-order valence-corrected chi connectivity index (χ2v) is 4.76. The Kier molecular flexibility index (Phi) is 3.02. The van der Waals surface area contributed by atoms with Gasteiger partial charge in [-0.2, -0.15) is 0 Å². The molecular weight excluding hydrogens is 196 g/mol. The van der Waals surface area contributed by atoms with E-state index in [0.717, 1.165) is 17.1 Å². The molecule has 5 heteroatoms. The Morgan fingerprint density at radius 2 is 2.00 bits per heavy atom. The first kappa shape index (κ1) is 11.6. The lowest BCUT2D eigenvalue weighted by Gasteiger charge is -2.18. The quantitative estimate of drug-likeness (QED) is 0.756. The summed E-state index contributed by atoms with van der Waals surface area (Å²) >= 11 is 0. The van der Waals surface area contributed by atoms with Gasteiger partial charge < -0.3 is 5.11 Å². The zero-order valence-corrected chi connectivity index (χ0v) is 9.20. The summed E-state index contributed by atoms with van der Waals surface area (Å²) in [6, 6.07) is 1.00. The van der Waals surface area contributed by atoms with Crippen molar-refractivity contribution in [2.24, 2.45) is 5.41 Å². The first-order chi connectivity index (χ1) is 6.79. The molecule has 15 heavy (non-hydrogen) atoms. The van der Waals surface area contributed by atoms with Crippen LogP contribution in [0.15, 0.2) is 15.7 Å². The Bertz CT molecular complexity index is 451. The van der Waals surface area contributed by atoms with Crippen LogP contribution in [0.5, 0.6) is 5.88 Å². The van der Waals surface area contributed by atoms with Gasteiger partial charge in [-0.15, -0.1) is 0 Å². The van der Waals surface area contributed by atoms with Crippen molar-refractivity contribution in [2.75, 3.05) is 0 Å². The maximum atomic E-state index is 11.3. The SMILES string of the molecule is CC(C)(C)CCn1c(O)cc(=O)[nH]c1=O. The number of H-pyrrole nitrogens is 1. The van der Waals surface area contributed by atoms with E-state index >= 15 is 0 Å². The first-order valence-electron chi connectivity index (χ1n) is 4.83. The van der Waals surface area contributed by atoms with Crippen LogP contribution < -0.4 is 11.2 Å². The highest BCUT2D eigenvalue weighted by Gasteiger charge is 2.12. The molecule has 0 amide bonds. The summed E-state index contributed by atoms with van der Waals surface area (Å²) in [5, 5.41) is 9.41. The minimum Gasteiger partial charge on any atom is -0.494 e. The molecule has 84 valence electrons. The minimum absolute atomic E-state index is 0.0714. The van der Waals surface area contributed by atoms with Crippen molar-refractivity contribution in [3.05, 3.63) is 26.9 Å². The summed E-state index contributed by atoms with van der Waals surface area (Å²) in [6.45, 7) is 6.52. The number of hydrogen-bond acceptors (Lipinski definition) is 3. The van der Waals surface area contributed by atoms with Crippen LogP contribution in [-0.2, 0) is 6.54 Å². The normalized spacial score (nSPS) is 11.7. The molecule has 0 bridgehead atoms. The average Bonchev–Trinajstić information content (AvgIpc) is 1.99. The molecule has 0 aliphatic heterocycles. The molecule has 0 aliphatic rings. The minimum atomic E-state index is -0.579.